The zero-order chi connectivity index (χ0) is 24.4. The molecule has 0 spiro atoms. The molecule has 0 saturated carbocycles. The third-order valence-electron chi connectivity index (χ3n) is 5.07. The summed E-state index contributed by atoms with van der Waals surface area (Å²) in [6.07, 6.45) is 0. The maximum absolute atomic E-state index is 13.0. The fourth-order valence-corrected chi connectivity index (χ4v) is 3.43. The van der Waals surface area contributed by atoms with Gasteiger partial charge in [-0.1, -0.05) is 0 Å². The van der Waals surface area contributed by atoms with Crippen LogP contribution in [0.5, 0.6) is 0 Å². The smallest absolute Gasteiger partial charge is 0.338 e. The van der Waals surface area contributed by atoms with E-state index < -0.39 is 36.0 Å². The third kappa shape index (κ3) is 4.44. The number of carbonyl (C=O) groups is 5. The Kier molecular flexibility index (Phi) is 6.01. The maximum Gasteiger partial charge on any atom is 0.338 e. The highest BCUT2D eigenvalue weighted by atomic mass is 19.1. The van der Waals surface area contributed by atoms with Crippen molar-refractivity contribution in [2.75, 3.05) is 16.8 Å². The molecule has 0 fully saturated rings. The first-order chi connectivity index (χ1) is 16.2. The van der Waals surface area contributed by atoms with Crippen LogP contribution in [0.15, 0.2) is 66.7 Å². The normalized spacial score (nSPS) is 12.4. The minimum absolute atomic E-state index is 0.00494. The van der Waals surface area contributed by atoms with Gasteiger partial charge in [0, 0.05) is 18.2 Å². The maximum atomic E-state index is 13.0. The summed E-state index contributed by atoms with van der Waals surface area (Å²) in [5.41, 5.74) is 1.13. The number of nitrogens with zero attached hydrogens (tertiary/aromatic N) is 1. The van der Waals surface area contributed by atoms with Crippen LogP contribution in [-0.2, 0) is 9.53 Å². The van der Waals surface area contributed by atoms with Gasteiger partial charge in [0.05, 0.1) is 22.4 Å². The number of Topliss-reactive ketones (excluding diaryl/α,β-unsaturated/α-hetero) is 1. The number of carbonyl (C=O) groups excluding carboxylic acids is 5. The average Bonchev–Trinajstić information content (AvgIpc) is 3.07. The van der Waals surface area contributed by atoms with Crippen molar-refractivity contribution in [3.05, 3.63) is 94.8 Å². The molecule has 3 aromatic rings. The lowest BCUT2D eigenvalue weighted by molar-refractivity contribution is -0.114. The summed E-state index contributed by atoms with van der Waals surface area (Å²) in [6, 6.07) is 14.9. The van der Waals surface area contributed by atoms with Gasteiger partial charge >= 0.3 is 5.97 Å². The number of nitrogens with one attached hydrogen (secondary N) is 1. The lowest BCUT2D eigenvalue weighted by Gasteiger charge is -2.14. The molecular formula is C25H17FN2O6. The van der Waals surface area contributed by atoms with Crippen molar-refractivity contribution in [2.24, 2.45) is 0 Å². The molecule has 0 aliphatic carbocycles. The first-order valence-electron chi connectivity index (χ1n) is 10.1. The number of hydrogen-bond acceptors (Lipinski definition) is 6. The van der Waals surface area contributed by atoms with Gasteiger partial charge in [-0.15, -0.1) is 0 Å². The van der Waals surface area contributed by atoms with Gasteiger partial charge < -0.3 is 10.1 Å². The summed E-state index contributed by atoms with van der Waals surface area (Å²) in [6.45, 7) is 0.792. The standard InChI is InChI=1S/C25H17FN2O6/c1-14(29)27-18-7-9-19(10-8-18)28-23(31)20-11-4-16(12-21(20)24(28)32)25(33)34-13-22(30)15-2-5-17(26)6-3-15/h2-12H,13H2,1H3,(H,27,29). The Bertz CT molecular complexity index is 1330. The van der Waals surface area contributed by atoms with Gasteiger partial charge in [0.2, 0.25) is 5.91 Å². The molecule has 0 atom stereocenters. The van der Waals surface area contributed by atoms with E-state index in [1.807, 2.05) is 0 Å². The highest BCUT2D eigenvalue weighted by Gasteiger charge is 2.37. The van der Waals surface area contributed by atoms with Gasteiger partial charge in [-0.2, -0.15) is 0 Å². The van der Waals surface area contributed by atoms with Crippen molar-refractivity contribution in [3.8, 4) is 0 Å². The first-order valence-corrected chi connectivity index (χ1v) is 10.1. The van der Waals surface area contributed by atoms with Gasteiger partial charge in [-0.3, -0.25) is 19.2 Å². The number of ether oxygens (including phenoxy) is 1. The Balaban J connectivity index is 1.48. The Morgan fingerprint density at radius 3 is 2.12 bits per heavy atom. The fourth-order valence-electron chi connectivity index (χ4n) is 3.43. The number of fused-ring (bicyclic) bond motifs is 1. The predicted octanol–water partition coefficient (Wildman–Crippen LogP) is 3.62. The fraction of sp³-hybridized carbons (Fsp3) is 0.0800. The van der Waals surface area contributed by atoms with Crippen molar-refractivity contribution in [3.63, 3.8) is 0 Å². The third-order valence-corrected chi connectivity index (χ3v) is 5.07. The molecule has 34 heavy (non-hydrogen) atoms. The average molecular weight is 460 g/mol. The second-order valence-corrected chi connectivity index (χ2v) is 7.44. The van der Waals surface area contributed by atoms with E-state index in [9.17, 15) is 28.4 Å². The number of ketones is 1. The highest BCUT2D eigenvalue weighted by Crippen LogP contribution is 2.30. The van der Waals surface area contributed by atoms with Crippen molar-refractivity contribution in [1.29, 1.82) is 0 Å². The monoisotopic (exact) mass is 460 g/mol. The van der Waals surface area contributed by atoms with E-state index in [1.54, 1.807) is 12.1 Å². The molecule has 1 N–H and O–H groups in total. The van der Waals surface area contributed by atoms with Crippen LogP contribution in [0.1, 0.15) is 48.4 Å². The van der Waals surface area contributed by atoms with E-state index in [0.717, 1.165) is 17.0 Å². The number of imide groups is 1. The van der Waals surface area contributed by atoms with E-state index >= 15 is 0 Å². The van der Waals surface area contributed by atoms with E-state index in [-0.39, 0.29) is 28.2 Å². The summed E-state index contributed by atoms with van der Waals surface area (Å²) in [5.74, 6) is -3.30. The van der Waals surface area contributed by atoms with Gasteiger partial charge in [0.15, 0.2) is 12.4 Å². The van der Waals surface area contributed by atoms with Crippen molar-refractivity contribution < 1.29 is 33.1 Å². The molecule has 170 valence electrons. The number of hydrogen-bond donors (Lipinski definition) is 1. The molecule has 4 rings (SSSR count). The summed E-state index contributed by atoms with van der Waals surface area (Å²) in [7, 11) is 0. The lowest BCUT2D eigenvalue weighted by atomic mass is 10.1. The summed E-state index contributed by atoms with van der Waals surface area (Å²) >= 11 is 0. The van der Waals surface area contributed by atoms with Crippen LogP contribution in [-0.4, -0.2) is 36.1 Å². The molecule has 1 aliphatic rings. The zero-order valence-electron chi connectivity index (χ0n) is 17.8. The number of esters is 1. The molecule has 0 unspecified atom stereocenters. The summed E-state index contributed by atoms with van der Waals surface area (Å²) in [4.78, 5) is 62.4. The van der Waals surface area contributed by atoms with E-state index in [2.05, 4.69) is 5.32 Å². The minimum atomic E-state index is -0.850. The Morgan fingerprint density at radius 1 is 0.853 bits per heavy atom. The number of anilines is 2. The first kappa shape index (κ1) is 22.5. The Morgan fingerprint density at radius 2 is 1.47 bits per heavy atom. The van der Waals surface area contributed by atoms with Crippen LogP contribution in [0.4, 0.5) is 15.8 Å². The van der Waals surface area contributed by atoms with E-state index in [0.29, 0.717) is 11.4 Å². The molecule has 0 bridgehead atoms. The van der Waals surface area contributed by atoms with Crippen LogP contribution in [0, 0.1) is 5.82 Å². The molecule has 1 heterocycles. The second-order valence-electron chi connectivity index (χ2n) is 7.44. The molecule has 3 amide bonds. The van der Waals surface area contributed by atoms with Crippen LogP contribution in [0.3, 0.4) is 0 Å². The molecule has 8 nitrogen and oxygen atoms in total. The SMILES string of the molecule is CC(=O)Nc1ccc(N2C(=O)c3ccc(C(=O)OCC(=O)c4ccc(F)cc4)cc3C2=O)cc1. The van der Waals surface area contributed by atoms with E-state index in [4.69, 9.17) is 4.74 Å². The number of rotatable bonds is 6. The van der Waals surface area contributed by atoms with Crippen molar-refractivity contribution >= 4 is 40.8 Å². The minimum Gasteiger partial charge on any atom is -0.454 e. The van der Waals surface area contributed by atoms with Crippen molar-refractivity contribution in [1.82, 2.24) is 0 Å². The van der Waals surface area contributed by atoms with Crippen molar-refractivity contribution in [2.45, 2.75) is 6.92 Å². The van der Waals surface area contributed by atoms with Gasteiger partial charge in [-0.05, 0) is 66.7 Å². The number of halogens is 1. The molecule has 0 saturated heterocycles. The number of benzene rings is 3. The zero-order valence-corrected chi connectivity index (χ0v) is 17.8. The van der Waals surface area contributed by atoms with Crippen LogP contribution >= 0.6 is 0 Å². The summed E-state index contributed by atoms with van der Waals surface area (Å²) < 4.78 is 18.0. The Hall–Kier alpha value is -4.66. The van der Waals surface area contributed by atoms with Gasteiger partial charge in [0.1, 0.15) is 5.82 Å². The van der Waals surface area contributed by atoms with Gasteiger partial charge in [-0.25, -0.2) is 14.1 Å². The van der Waals surface area contributed by atoms with Crippen LogP contribution in [0.2, 0.25) is 0 Å². The molecule has 3 aromatic carbocycles. The molecule has 0 aromatic heterocycles. The van der Waals surface area contributed by atoms with E-state index in [1.165, 1.54) is 49.4 Å². The van der Waals surface area contributed by atoms with Crippen LogP contribution < -0.4 is 10.2 Å². The second kappa shape index (κ2) is 9.07. The largest absolute Gasteiger partial charge is 0.454 e. The highest BCUT2D eigenvalue weighted by molar-refractivity contribution is 6.34. The predicted molar refractivity (Wildman–Crippen MR) is 119 cm³/mol. The topological polar surface area (TPSA) is 110 Å². The molecule has 1 aliphatic heterocycles. The quantitative estimate of drug-likeness (QED) is 0.342. The molecule has 9 heteroatoms. The van der Waals surface area contributed by atoms with Crippen LogP contribution in [0.25, 0.3) is 0 Å². The van der Waals surface area contributed by atoms with Gasteiger partial charge in [0.25, 0.3) is 11.8 Å². The summed E-state index contributed by atoms with van der Waals surface area (Å²) in [5, 5.41) is 2.60. The molecular weight excluding hydrogens is 443 g/mol. The molecule has 0 radical (unpaired) electrons. The number of amides is 3. The lowest BCUT2D eigenvalue weighted by Crippen LogP contribution is -2.29. The Labute approximate surface area is 192 Å².